The Morgan fingerprint density at radius 1 is 1.60 bits per heavy atom. The highest BCUT2D eigenvalue weighted by Crippen LogP contribution is 2.49. The van der Waals surface area contributed by atoms with E-state index >= 15 is 0 Å². The van der Waals surface area contributed by atoms with Gasteiger partial charge in [-0.3, -0.25) is 0 Å². The average molecular weight is 142 g/mol. The molecule has 1 aliphatic heterocycles. The lowest BCUT2D eigenvalue weighted by Gasteiger charge is -2.19. The highest BCUT2D eigenvalue weighted by atomic mass is 16.6. The lowest BCUT2D eigenvalue weighted by atomic mass is 9.86. The normalized spacial score (nSPS) is 48.0. The van der Waals surface area contributed by atoms with Gasteiger partial charge in [0.1, 0.15) is 5.60 Å². The molecule has 1 saturated heterocycles. The largest absolute Gasteiger partial charge is 0.390 e. The SMILES string of the molecule is CC(O)C12CCCCC1O2. The molecule has 1 aliphatic carbocycles. The van der Waals surface area contributed by atoms with Crippen LogP contribution in [0.2, 0.25) is 0 Å². The number of fused-ring (bicyclic) bond motifs is 1. The number of epoxide rings is 1. The van der Waals surface area contributed by atoms with Crippen LogP contribution in [-0.2, 0) is 4.74 Å². The predicted molar refractivity (Wildman–Crippen MR) is 37.8 cm³/mol. The summed E-state index contributed by atoms with van der Waals surface area (Å²) < 4.78 is 5.48. The molecular formula is C8H14O2. The number of rotatable bonds is 1. The summed E-state index contributed by atoms with van der Waals surface area (Å²) in [6.45, 7) is 1.84. The van der Waals surface area contributed by atoms with Crippen LogP contribution in [0.25, 0.3) is 0 Å². The van der Waals surface area contributed by atoms with Gasteiger partial charge in [-0.15, -0.1) is 0 Å². The second kappa shape index (κ2) is 1.95. The van der Waals surface area contributed by atoms with Crippen molar-refractivity contribution in [3.63, 3.8) is 0 Å². The van der Waals surface area contributed by atoms with Crippen LogP contribution in [0.15, 0.2) is 0 Å². The van der Waals surface area contributed by atoms with Gasteiger partial charge < -0.3 is 9.84 Å². The van der Waals surface area contributed by atoms with E-state index in [4.69, 9.17) is 4.74 Å². The van der Waals surface area contributed by atoms with Crippen LogP contribution in [0.3, 0.4) is 0 Å². The van der Waals surface area contributed by atoms with Crippen molar-refractivity contribution in [3.8, 4) is 0 Å². The molecule has 2 nitrogen and oxygen atoms in total. The highest BCUT2D eigenvalue weighted by molar-refractivity contribution is 5.08. The summed E-state index contributed by atoms with van der Waals surface area (Å²) in [5.74, 6) is 0. The summed E-state index contributed by atoms with van der Waals surface area (Å²) in [7, 11) is 0. The minimum atomic E-state index is -0.266. The third kappa shape index (κ3) is 0.722. The molecule has 58 valence electrons. The van der Waals surface area contributed by atoms with E-state index in [0.717, 1.165) is 12.8 Å². The zero-order valence-electron chi connectivity index (χ0n) is 6.34. The predicted octanol–water partition coefficient (Wildman–Crippen LogP) is 1.08. The van der Waals surface area contributed by atoms with E-state index in [0.29, 0.717) is 6.10 Å². The Balaban J connectivity index is 2.05. The Morgan fingerprint density at radius 3 is 2.90 bits per heavy atom. The summed E-state index contributed by atoms with van der Waals surface area (Å²) in [5, 5.41) is 9.35. The Morgan fingerprint density at radius 2 is 2.40 bits per heavy atom. The first-order chi connectivity index (χ1) is 4.76. The summed E-state index contributed by atoms with van der Waals surface area (Å²) in [5.41, 5.74) is -0.0990. The van der Waals surface area contributed by atoms with Crippen molar-refractivity contribution < 1.29 is 9.84 Å². The van der Waals surface area contributed by atoms with E-state index in [-0.39, 0.29) is 11.7 Å². The molecule has 0 amide bonds. The van der Waals surface area contributed by atoms with Crippen molar-refractivity contribution in [1.82, 2.24) is 0 Å². The molecule has 0 aromatic heterocycles. The van der Waals surface area contributed by atoms with E-state index in [1.165, 1.54) is 12.8 Å². The molecule has 1 heterocycles. The van der Waals surface area contributed by atoms with Crippen LogP contribution in [0.1, 0.15) is 32.6 Å². The molecule has 0 spiro atoms. The fraction of sp³-hybridized carbons (Fsp3) is 1.00. The van der Waals surface area contributed by atoms with Gasteiger partial charge in [0.15, 0.2) is 0 Å². The first kappa shape index (κ1) is 6.62. The second-order valence-electron chi connectivity index (χ2n) is 3.48. The van der Waals surface area contributed by atoms with E-state index < -0.39 is 0 Å². The third-order valence-electron chi connectivity index (χ3n) is 2.84. The average Bonchev–Trinajstić information content (AvgIpc) is 2.61. The molecule has 2 rings (SSSR count). The molecule has 2 fully saturated rings. The van der Waals surface area contributed by atoms with Gasteiger partial charge in [0.2, 0.25) is 0 Å². The minimum absolute atomic E-state index is 0.0990. The van der Waals surface area contributed by atoms with Gasteiger partial charge in [0.05, 0.1) is 12.2 Å². The van der Waals surface area contributed by atoms with Crippen LogP contribution >= 0.6 is 0 Å². The molecule has 10 heavy (non-hydrogen) atoms. The molecule has 0 aromatic rings. The highest BCUT2D eigenvalue weighted by Gasteiger charge is 2.60. The van der Waals surface area contributed by atoms with E-state index in [9.17, 15) is 5.11 Å². The first-order valence-electron chi connectivity index (χ1n) is 4.11. The van der Waals surface area contributed by atoms with Gasteiger partial charge in [-0.25, -0.2) is 0 Å². The summed E-state index contributed by atoms with van der Waals surface area (Å²) in [6, 6.07) is 0. The number of hydrogen-bond donors (Lipinski definition) is 1. The molecule has 1 N–H and O–H groups in total. The van der Waals surface area contributed by atoms with Crippen LogP contribution < -0.4 is 0 Å². The van der Waals surface area contributed by atoms with E-state index in [1.807, 2.05) is 6.92 Å². The molecule has 3 atom stereocenters. The zero-order chi connectivity index (χ0) is 7.19. The van der Waals surface area contributed by atoms with Crippen LogP contribution in [-0.4, -0.2) is 22.9 Å². The molecular weight excluding hydrogens is 128 g/mol. The maximum Gasteiger partial charge on any atom is 0.120 e. The number of aliphatic hydroxyl groups is 1. The van der Waals surface area contributed by atoms with Crippen LogP contribution in [0.4, 0.5) is 0 Å². The summed E-state index contributed by atoms with van der Waals surface area (Å²) in [4.78, 5) is 0. The fourth-order valence-electron chi connectivity index (χ4n) is 2.06. The maximum absolute atomic E-state index is 9.35. The van der Waals surface area contributed by atoms with Gasteiger partial charge in [-0.05, 0) is 19.8 Å². The molecule has 0 aromatic carbocycles. The quantitative estimate of drug-likeness (QED) is 0.556. The van der Waals surface area contributed by atoms with Crippen molar-refractivity contribution in [1.29, 1.82) is 0 Å². The number of aliphatic hydroxyl groups excluding tert-OH is 1. The monoisotopic (exact) mass is 142 g/mol. The van der Waals surface area contributed by atoms with Gasteiger partial charge in [0.25, 0.3) is 0 Å². The Labute approximate surface area is 61.2 Å². The van der Waals surface area contributed by atoms with Gasteiger partial charge >= 0.3 is 0 Å². The van der Waals surface area contributed by atoms with Gasteiger partial charge in [-0.2, -0.15) is 0 Å². The topological polar surface area (TPSA) is 32.8 Å². The fourth-order valence-corrected chi connectivity index (χ4v) is 2.06. The lowest BCUT2D eigenvalue weighted by molar-refractivity contribution is 0.0821. The number of ether oxygens (including phenoxy) is 1. The van der Waals surface area contributed by atoms with Crippen LogP contribution in [0.5, 0.6) is 0 Å². The van der Waals surface area contributed by atoms with E-state index in [2.05, 4.69) is 0 Å². The van der Waals surface area contributed by atoms with Crippen molar-refractivity contribution >= 4 is 0 Å². The molecule has 2 heteroatoms. The number of hydrogen-bond acceptors (Lipinski definition) is 2. The van der Waals surface area contributed by atoms with Gasteiger partial charge in [-0.1, -0.05) is 12.8 Å². The van der Waals surface area contributed by atoms with Gasteiger partial charge in [0, 0.05) is 0 Å². The van der Waals surface area contributed by atoms with Crippen molar-refractivity contribution in [2.24, 2.45) is 0 Å². The second-order valence-corrected chi connectivity index (χ2v) is 3.48. The molecule has 2 aliphatic rings. The van der Waals surface area contributed by atoms with Crippen molar-refractivity contribution in [2.75, 3.05) is 0 Å². The Bertz CT molecular complexity index is 144. The first-order valence-corrected chi connectivity index (χ1v) is 4.11. The maximum atomic E-state index is 9.35. The molecule has 1 saturated carbocycles. The smallest absolute Gasteiger partial charge is 0.120 e. The van der Waals surface area contributed by atoms with Crippen LogP contribution in [0, 0.1) is 0 Å². The third-order valence-corrected chi connectivity index (χ3v) is 2.84. The molecule has 0 radical (unpaired) electrons. The standard InChI is InChI=1S/C8H14O2/c1-6(9)8-5-3-2-4-7(8)10-8/h6-7,9H,2-5H2,1H3. The summed E-state index contributed by atoms with van der Waals surface area (Å²) in [6.07, 6.45) is 4.85. The van der Waals surface area contributed by atoms with Crippen molar-refractivity contribution in [2.45, 2.75) is 50.4 Å². The summed E-state index contributed by atoms with van der Waals surface area (Å²) >= 11 is 0. The zero-order valence-corrected chi connectivity index (χ0v) is 6.34. The Kier molecular flexibility index (Phi) is 1.29. The molecule has 3 unspecified atom stereocenters. The Hall–Kier alpha value is -0.0800. The van der Waals surface area contributed by atoms with E-state index in [1.54, 1.807) is 0 Å². The molecule has 0 bridgehead atoms. The lowest BCUT2D eigenvalue weighted by Crippen LogP contribution is -2.31. The van der Waals surface area contributed by atoms with Crippen molar-refractivity contribution in [3.05, 3.63) is 0 Å². The minimum Gasteiger partial charge on any atom is -0.390 e.